The molecule has 0 N–H and O–H groups in total. The molecule has 64 valence electrons. The third-order valence-corrected chi connectivity index (χ3v) is 1.98. The van der Waals surface area contributed by atoms with E-state index in [9.17, 15) is 9.18 Å². The van der Waals surface area contributed by atoms with Crippen molar-refractivity contribution in [2.24, 2.45) is 0 Å². The molecule has 0 heterocycles. The highest BCUT2D eigenvalue weighted by Crippen LogP contribution is 2.25. The zero-order valence-electron chi connectivity index (χ0n) is 5.57. The van der Waals surface area contributed by atoms with E-state index in [4.69, 9.17) is 34.8 Å². The average molecular weight is 227 g/mol. The van der Waals surface area contributed by atoms with Crippen LogP contribution < -0.4 is 0 Å². The summed E-state index contributed by atoms with van der Waals surface area (Å²) >= 11 is 15.9. The van der Waals surface area contributed by atoms with E-state index in [2.05, 4.69) is 0 Å². The van der Waals surface area contributed by atoms with Crippen LogP contribution in [0.3, 0.4) is 0 Å². The van der Waals surface area contributed by atoms with Gasteiger partial charge in [-0.1, -0.05) is 23.2 Å². The summed E-state index contributed by atoms with van der Waals surface area (Å²) in [6, 6.07) is 2.25. The first-order valence-corrected chi connectivity index (χ1v) is 4.00. The number of benzene rings is 1. The summed E-state index contributed by atoms with van der Waals surface area (Å²) < 4.78 is 12.8. The van der Waals surface area contributed by atoms with Gasteiger partial charge in [0.25, 0.3) is 5.24 Å². The molecule has 0 fully saturated rings. The van der Waals surface area contributed by atoms with Gasteiger partial charge in [-0.3, -0.25) is 4.79 Å². The van der Waals surface area contributed by atoms with E-state index >= 15 is 0 Å². The Labute approximate surface area is 83.0 Å². The maximum atomic E-state index is 12.8. The van der Waals surface area contributed by atoms with Crippen molar-refractivity contribution in [2.45, 2.75) is 0 Å². The van der Waals surface area contributed by atoms with Gasteiger partial charge in [-0.2, -0.15) is 0 Å². The van der Waals surface area contributed by atoms with Crippen molar-refractivity contribution in [3.8, 4) is 0 Å². The number of carbonyl (C=O) groups is 1. The highest BCUT2D eigenvalue weighted by Gasteiger charge is 2.10. The van der Waals surface area contributed by atoms with E-state index in [1.165, 1.54) is 0 Å². The summed E-state index contributed by atoms with van der Waals surface area (Å²) in [5.74, 6) is -0.750. The molecule has 0 aliphatic heterocycles. The van der Waals surface area contributed by atoms with Gasteiger partial charge in [0, 0.05) is 5.56 Å². The molecule has 0 spiro atoms. The molecule has 12 heavy (non-hydrogen) atoms. The van der Waals surface area contributed by atoms with Crippen LogP contribution in [-0.2, 0) is 0 Å². The number of halogens is 4. The molecule has 0 unspecified atom stereocenters. The lowest BCUT2D eigenvalue weighted by Gasteiger charge is -1.99. The predicted molar refractivity (Wildman–Crippen MR) is 46.6 cm³/mol. The fraction of sp³-hybridized carbons (Fsp3) is 0. The molecule has 0 radical (unpaired) electrons. The summed E-state index contributed by atoms with van der Waals surface area (Å²) in [5.41, 5.74) is 0.0769. The van der Waals surface area contributed by atoms with Crippen LogP contribution in [0.4, 0.5) is 4.39 Å². The molecule has 0 atom stereocenters. The molecule has 5 heteroatoms. The molecule has 0 amide bonds. The molecule has 0 saturated carbocycles. The van der Waals surface area contributed by atoms with Crippen molar-refractivity contribution in [3.63, 3.8) is 0 Å². The number of rotatable bonds is 1. The Morgan fingerprint density at radius 3 is 2.00 bits per heavy atom. The Morgan fingerprint density at radius 1 is 1.25 bits per heavy atom. The maximum Gasteiger partial charge on any atom is 0.252 e. The van der Waals surface area contributed by atoms with Crippen molar-refractivity contribution in [3.05, 3.63) is 33.6 Å². The Kier molecular flexibility index (Phi) is 2.94. The summed E-state index contributed by atoms with van der Waals surface area (Å²) in [5, 5.41) is -1.16. The van der Waals surface area contributed by atoms with Crippen LogP contribution in [0, 0.1) is 5.82 Å². The van der Waals surface area contributed by atoms with Gasteiger partial charge in [0.2, 0.25) is 0 Å². The Balaban J connectivity index is 3.31. The molecular formula is C7H2Cl3FO. The summed E-state index contributed by atoms with van der Waals surface area (Å²) in [7, 11) is 0. The standard InChI is InChI=1S/C7H2Cl3FO/c8-4-1-3(7(10)12)2-5(9)6(4)11/h1-2H. The molecule has 1 aromatic carbocycles. The van der Waals surface area contributed by atoms with Crippen LogP contribution in [0.25, 0.3) is 0 Å². The van der Waals surface area contributed by atoms with E-state index in [0.717, 1.165) is 12.1 Å². The minimum atomic E-state index is -0.750. The van der Waals surface area contributed by atoms with E-state index in [-0.39, 0.29) is 15.6 Å². The third-order valence-electron chi connectivity index (χ3n) is 1.21. The maximum absolute atomic E-state index is 12.8. The van der Waals surface area contributed by atoms with E-state index < -0.39 is 11.1 Å². The first kappa shape index (κ1) is 9.78. The normalized spacial score (nSPS) is 10.0. The van der Waals surface area contributed by atoms with Crippen molar-refractivity contribution in [1.29, 1.82) is 0 Å². The van der Waals surface area contributed by atoms with Gasteiger partial charge in [0.15, 0.2) is 5.82 Å². The molecule has 0 saturated heterocycles. The van der Waals surface area contributed by atoms with Crippen LogP contribution >= 0.6 is 34.8 Å². The highest BCUT2D eigenvalue weighted by molar-refractivity contribution is 6.68. The molecule has 0 aliphatic rings. The lowest BCUT2D eigenvalue weighted by Crippen LogP contribution is -1.90. The van der Waals surface area contributed by atoms with Gasteiger partial charge < -0.3 is 0 Å². The van der Waals surface area contributed by atoms with Crippen molar-refractivity contribution < 1.29 is 9.18 Å². The predicted octanol–water partition coefficient (Wildman–Crippen LogP) is 3.51. The van der Waals surface area contributed by atoms with Gasteiger partial charge in [-0.15, -0.1) is 0 Å². The zero-order chi connectivity index (χ0) is 9.30. The van der Waals surface area contributed by atoms with Crippen LogP contribution in [0.5, 0.6) is 0 Å². The van der Waals surface area contributed by atoms with Gasteiger partial charge in [0.05, 0.1) is 10.0 Å². The SMILES string of the molecule is O=C(Cl)c1cc(Cl)c(F)c(Cl)c1. The van der Waals surface area contributed by atoms with Crippen molar-refractivity contribution >= 4 is 40.0 Å². The van der Waals surface area contributed by atoms with Gasteiger partial charge in [-0.05, 0) is 23.7 Å². The summed E-state index contributed by atoms with van der Waals surface area (Å²) in [6.07, 6.45) is 0. The Bertz CT molecular complexity index is 314. The number of carbonyl (C=O) groups excluding carboxylic acids is 1. The van der Waals surface area contributed by atoms with Crippen LogP contribution in [0.1, 0.15) is 10.4 Å². The van der Waals surface area contributed by atoms with E-state index in [1.54, 1.807) is 0 Å². The van der Waals surface area contributed by atoms with Crippen LogP contribution in [0.15, 0.2) is 12.1 Å². The summed E-state index contributed by atoms with van der Waals surface area (Å²) in [4.78, 5) is 10.6. The smallest absolute Gasteiger partial charge is 0.252 e. The lowest BCUT2D eigenvalue weighted by atomic mass is 10.2. The second-order valence-corrected chi connectivity index (χ2v) is 3.19. The Morgan fingerprint density at radius 2 is 1.67 bits per heavy atom. The molecule has 1 aromatic rings. The molecule has 0 bridgehead atoms. The fourth-order valence-corrected chi connectivity index (χ4v) is 1.27. The fourth-order valence-electron chi connectivity index (χ4n) is 0.669. The van der Waals surface area contributed by atoms with Crippen molar-refractivity contribution in [1.82, 2.24) is 0 Å². The second-order valence-electron chi connectivity index (χ2n) is 2.03. The van der Waals surface area contributed by atoms with Gasteiger partial charge in [-0.25, -0.2) is 4.39 Å². The zero-order valence-corrected chi connectivity index (χ0v) is 7.84. The molecule has 0 aliphatic carbocycles. The van der Waals surface area contributed by atoms with Crippen LogP contribution in [0.2, 0.25) is 10.0 Å². The molecule has 1 rings (SSSR count). The van der Waals surface area contributed by atoms with Crippen molar-refractivity contribution in [2.75, 3.05) is 0 Å². The minimum absolute atomic E-state index is 0.0769. The molecular weight excluding hydrogens is 225 g/mol. The monoisotopic (exact) mass is 226 g/mol. The van der Waals surface area contributed by atoms with Gasteiger partial charge in [0.1, 0.15) is 0 Å². The largest absolute Gasteiger partial charge is 0.276 e. The first-order chi connectivity index (χ1) is 5.52. The van der Waals surface area contributed by atoms with Crippen LogP contribution in [-0.4, -0.2) is 5.24 Å². The molecule has 1 nitrogen and oxygen atoms in total. The topological polar surface area (TPSA) is 17.1 Å². The minimum Gasteiger partial charge on any atom is -0.276 e. The lowest BCUT2D eigenvalue weighted by molar-refractivity contribution is 0.108. The van der Waals surface area contributed by atoms with Gasteiger partial charge >= 0.3 is 0 Å². The van der Waals surface area contributed by atoms with E-state index in [0.29, 0.717) is 0 Å². The molecule has 0 aromatic heterocycles. The third kappa shape index (κ3) is 1.89. The van der Waals surface area contributed by atoms with E-state index in [1.807, 2.05) is 0 Å². The quantitative estimate of drug-likeness (QED) is 0.530. The average Bonchev–Trinajstić information content (AvgIpc) is 1.99. The number of hydrogen-bond donors (Lipinski definition) is 0. The Hall–Kier alpha value is -0.310. The second kappa shape index (κ2) is 3.60. The highest BCUT2D eigenvalue weighted by atomic mass is 35.5. The summed E-state index contributed by atoms with van der Waals surface area (Å²) in [6.45, 7) is 0. The first-order valence-electron chi connectivity index (χ1n) is 2.86. The number of hydrogen-bond acceptors (Lipinski definition) is 1.